The predicted molar refractivity (Wildman–Crippen MR) is 129 cm³/mol. The second kappa shape index (κ2) is 20.2. The Bertz CT molecular complexity index is 388. The molecule has 1 aliphatic rings. The molecule has 0 aliphatic heterocycles. The van der Waals surface area contributed by atoms with Gasteiger partial charge in [-0.1, -0.05) is 64.2 Å². The van der Waals surface area contributed by atoms with E-state index in [4.69, 9.17) is 11.5 Å². The number of carbonyl (C=O) groups excluding carboxylic acids is 1. The molecule has 0 radical (unpaired) electrons. The fourth-order valence-corrected chi connectivity index (χ4v) is 4.29. The summed E-state index contributed by atoms with van der Waals surface area (Å²) in [4.78, 5) is 12.1. The van der Waals surface area contributed by atoms with Crippen LogP contribution in [0, 0.1) is 5.92 Å². The lowest BCUT2D eigenvalue weighted by molar-refractivity contribution is -0.122. The van der Waals surface area contributed by atoms with Crippen LogP contribution in [0.1, 0.15) is 96.3 Å². The number of rotatable bonds is 20. The minimum atomic E-state index is -0.344. The Morgan fingerprint density at radius 3 is 2.10 bits per heavy atom. The van der Waals surface area contributed by atoms with Crippen molar-refractivity contribution in [3.63, 3.8) is 0 Å². The third-order valence-corrected chi connectivity index (χ3v) is 6.28. The highest BCUT2D eigenvalue weighted by Crippen LogP contribution is 2.28. The Morgan fingerprint density at radius 1 is 0.767 bits per heavy atom. The van der Waals surface area contributed by atoms with Gasteiger partial charge in [0.25, 0.3) is 0 Å². The monoisotopic (exact) mass is 425 g/mol. The Kier molecular flexibility index (Phi) is 18.4. The van der Waals surface area contributed by atoms with E-state index in [1.54, 1.807) is 0 Å². The van der Waals surface area contributed by atoms with Crippen molar-refractivity contribution in [2.75, 3.05) is 39.3 Å². The Hall–Kier alpha value is -0.690. The molecular weight excluding hydrogens is 374 g/mol. The first-order valence-electron chi connectivity index (χ1n) is 12.9. The lowest BCUT2D eigenvalue weighted by atomic mass is 9.85. The molecule has 7 N–H and O–H groups in total. The van der Waals surface area contributed by atoms with Crippen molar-refractivity contribution >= 4 is 5.91 Å². The maximum atomic E-state index is 12.1. The second-order valence-corrected chi connectivity index (χ2v) is 9.10. The Labute approximate surface area is 186 Å². The van der Waals surface area contributed by atoms with Crippen molar-refractivity contribution in [1.82, 2.24) is 16.0 Å². The van der Waals surface area contributed by atoms with Crippen LogP contribution in [-0.2, 0) is 4.79 Å². The first-order chi connectivity index (χ1) is 14.7. The van der Waals surface area contributed by atoms with Crippen LogP contribution >= 0.6 is 0 Å². The van der Waals surface area contributed by atoms with Crippen molar-refractivity contribution in [2.24, 2.45) is 17.4 Å². The highest BCUT2D eigenvalue weighted by molar-refractivity contribution is 5.81. The molecule has 1 atom stereocenters. The van der Waals surface area contributed by atoms with E-state index in [-0.39, 0.29) is 11.9 Å². The zero-order chi connectivity index (χ0) is 21.7. The van der Waals surface area contributed by atoms with E-state index in [0.29, 0.717) is 6.54 Å². The Balaban J connectivity index is 1.81. The number of unbranched alkanes of at least 4 members (excludes halogenated alkanes) is 4. The van der Waals surface area contributed by atoms with Crippen LogP contribution in [0.15, 0.2) is 0 Å². The van der Waals surface area contributed by atoms with E-state index < -0.39 is 0 Å². The largest absolute Gasteiger partial charge is 0.355 e. The minimum absolute atomic E-state index is 0.0146. The van der Waals surface area contributed by atoms with E-state index in [1.165, 1.54) is 70.6 Å². The number of amides is 1. The molecule has 0 aromatic rings. The molecule has 0 heterocycles. The number of nitrogens with one attached hydrogen (secondary N) is 3. The van der Waals surface area contributed by atoms with Gasteiger partial charge < -0.3 is 27.4 Å². The van der Waals surface area contributed by atoms with Gasteiger partial charge in [-0.15, -0.1) is 0 Å². The molecule has 6 heteroatoms. The van der Waals surface area contributed by atoms with Crippen LogP contribution < -0.4 is 27.4 Å². The van der Waals surface area contributed by atoms with Gasteiger partial charge in [0.1, 0.15) is 0 Å². The average molecular weight is 426 g/mol. The topological polar surface area (TPSA) is 105 Å². The average Bonchev–Trinajstić information content (AvgIpc) is 2.77. The number of carbonyl (C=O) groups is 1. The molecule has 1 amide bonds. The van der Waals surface area contributed by atoms with E-state index >= 15 is 0 Å². The summed E-state index contributed by atoms with van der Waals surface area (Å²) in [6.45, 7) is 5.53. The summed E-state index contributed by atoms with van der Waals surface area (Å²) in [5.41, 5.74) is 11.5. The lowest BCUT2D eigenvalue weighted by Gasteiger charge is -2.21. The van der Waals surface area contributed by atoms with Crippen molar-refractivity contribution < 1.29 is 4.79 Å². The zero-order valence-corrected chi connectivity index (χ0v) is 19.6. The highest BCUT2D eigenvalue weighted by Gasteiger charge is 2.13. The maximum absolute atomic E-state index is 12.1. The summed E-state index contributed by atoms with van der Waals surface area (Å²) in [7, 11) is 0. The van der Waals surface area contributed by atoms with Gasteiger partial charge in [-0.25, -0.2) is 0 Å². The quantitative estimate of drug-likeness (QED) is 0.193. The van der Waals surface area contributed by atoms with Crippen LogP contribution in [-0.4, -0.2) is 51.2 Å². The second-order valence-electron chi connectivity index (χ2n) is 9.10. The summed E-state index contributed by atoms with van der Waals surface area (Å²) >= 11 is 0. The standard InChI is InChI=1S/C24H51N5O/c25-16-10-19-27-17-8-9-18-28-20-11-21-29-24(30)23(26)15-7-2-1-4-12-22-13-5-3-6-14-22/h22-23,27-28H,1-21,25-26H2,(H,29,30)/t23-/m1/s1. The Morgan fingerprint density at radius 2 is 1.40 bits per heavy atom. The molecule has 1 fully saturated rings. The van der Waals surface area contributed by atoms with Crippen LogP contribution in [0.4, 0.5) is 0 Å². The van der Waals surface area contributed by atoms with E-state index in [1.807, 2.05) is 0 Å². The first-order valence-corrected chi connectivity index (χ1v) is 12.9. The summed E-state index contributed by atoms with van der Waals surface area (Å²) < 4.78 is 0. The van der Waals surface area contributed by atoms with Gasteiger partial charge in [0, 0.05) is 6.54 Å². The predicted octanol–water partition coefficient (Wildman–Crippen LogP) is 3.05. The van der Waals surface area contributed by atoms with Gasteiger partial charge >= 0.3 is 0 Å². The van der Waals surface area contributed by atoms with Gasteiger partial charge in [0.2, 0.25) is 5.91 Å². The molecule has 178 valence electrons. The third-order valence-electron chi connectivity index (χ3n) is 6.28. The molecule has 0 aromatic heterocycles. The molecule has 1 aliphatic carbocycles. The molecule has 0 spiro atoms. The first kappa shape index (κ1) is 27.3. The van der Waals surface area contributed by atoms with E-state index in [9.17, 15) is 4.79 Å². The van der Waals surface area contributed by atoms with Crippen molar-refractivity contribution in [2.45, 2.75) is 102 Å². The summed E-state index contributed by atoms with van der Waals surface area (Å²) in [6, 6.07) is -0.344. The number of nitrogens with two attached hydrogens (primary N) is 2. The summed E-state index contributed by atoms with van der Waals surface area (Å²) in [6.07, 6.45) is 18.7. The van der Waals surface area contributed by atoms with Crippen molar-refractivity contribution in [3.8, 4) is 0 Å². The lowest BCUT2D eigenvalue weighted by Crippen LogP contribution is -2.41. The van der Waals surface area contributed by atoms with Crippen molar-refractivity contribution in [3.05, 3.63) is 0 Å². The summed E-state index contributed by atoms with van der Waals surface area (Å²) in [5.74, 6) is 1.01. The van der Waals surface area contributed by atoms with Gasteiger partial charge in [0.15, 0.2) is 0 Å². The highest BCUT2D eigenvalue weighted by atomic mass is 16.2. The fourth-order valence-electron chi connectivity index (χ4n) is 4.29. The van der Waals surface area contributed by atoms with E-state index in [0.717, 1.165) is 64.3 Å². The van der Waals surface area contributed by atoms with Gasteiger partial charge in [-0.3, -0.25) is 4.79 Å². The van der Waals surface area contributed by atoms with Crippen LogP contribution in [0.2, 0.25) is 0 Å². The third kappa shape index (κ3) is 16.1. The smallest absolute Gasteiger partial charge is 0.236 e. The molecule has 6 nitrogen and oxygen atoms in total. The number of hydrogen-bond donors (Lipinski definition) is 5. The molecule has 1 saturated carbocycles. The summed E-state index contributed by atoms with van der Waals surface area (Å²) in [5, 5.41) is 9.81. The van der Waals surface area contributed by atoms with Gasteiger partial charge in [-0.05, 0) is 70.7 Å². The molecule has 0 bridgehead atoms. The molecule has 0 saturated heterocycles. The van der Waals surface area contributed by atoms with Gasteiger partial charge in [-0.2, -0.15) is 0 Å². The molecule has 0 aromatic carbocycles. The molecule has 1 rings (SSSR count). The normalized spacial score (nSPS) is 15.9. The SMILES string of the molecule is NCCCNCCCCNCCCNC(=O)[C@H](N)CCCCCCC1CCCCC1. The molecule has 30 heavy (non-hydrogen) atoms. The minimum Gasteiger partial charge on any atom is -0.355 e. The zero-order valence-electron chi connectivity index (χ0n) is 19.6. The van der Waals surface area contributed by atoms with Crippen LogP contribution in [0.3, 0.4) is 0 Å². The van der Waals surface area contributed by atoms with Crippen LogP contribution in [0.5, 0.6) is 0 Å². The van der Waals surface area contributed by atoms with Crippen molar-refractivity contribution in [1.29, 1.82) is 0 Å². The molecule has 0 unspecified atom stereocenters. The van der Waals surface area contributed by atoms with Gasteiger partial charge in [0.05, 0.1) is 6.04 Å². The maximum Gasteiger partial charge on any atom is 0.236 e. The van der Waals surface area contributed by atoms with Crippen LogP contribution in [0.25, 0.3) is 0 Å². The number of hydrogen-bond acceptors (Lipinski definition) is 5. The molecular formula is C24H51N5O. The van der Waals surface area contributed by atoms with E-state index in [2.05, 4.69) is 16.0 Å². The fraction of sp³-hybridized carbons (Fsp3) is 0.958.